The van der Waals surface area contributed by atoms with Gasteiger partial charge < -0.3 is 14.8 Å². The van der Waals surface area contributed by atoms with E-state index in [1.54, 1.807) is 13.8 Å². The van der Waals surface area contributed by atoms with Gasteiger partial charge in [0.05, 0.1) is 25.9 Å². The number of carbonyl (C=O) groups excluding carboxylic acids is 2. The van der Waals surface area contributed by atoms with E-state index in [2.05, 4.69) is 50.5 Å². The predicted octanol–water partition coefficient (Wildman–Crippen LogP) is 5.70. The highest BCUT2D eigenvalue weighted by Crippen LogP contribution is 2.34. The van der Waals surface area contributed by atoms with Crippen molar-refractivity contribution in [3.8, 4) is 11.8 Å². The Morgan fingerprint density at radius 3 is 2.37 bits per heavy atom. The van der Waals surface area contributed by atoms with Crippen LogP contribution in [0.1, 0.15) is 40.2 Å². The molecule has 30 heavy (non-hydrogen) atoms. The van der Waals surface area contributed by atoms with Crippen LogP contribution < -0.4 is 10.1 Å². The third-order valence-corrected chi connectivity index (χ3v) is 6.80. The molecule has 0 atom stereocenters. The Kier molecular flexibility index (Phi) is 9.11. The minimum absolute atomic E-state index is 0.0655. The molecular formula is C21H20I2N2O4S. The molecule has 1 aromatic heterocycles. The maximum atomic E-state index is 12.8. The number of ether oxygens (including phenoxy) is 2. The van der Waals surface area contributed by atoms with Gasteiger partial charge >= 0.3 is 5.97 Å². The molecule has 158 valence electrons. The van der Waals surface area contributed by atoms with E-state index in [1.165, 1.54) is 17.4 Å². The third-order valence-electron chi connectivity index (χ3n) is 4.08. The number of anilines is 1. The van der Waals surface area contributed by atoms with Crippen molar-refractivity contribution in [2.24, 2.45) is 0 Å². The number of hydrogen-bond donors (Lipinski definition) is 1. The summed E-state index contributed by atoms with van der Waals surface area (Å²) >= 11 is 5.61. The van der Waals surface area contributed by atoms with Crippen LogP contribution in [0.3, 0.4) is 0 Å². The first-order valence-electron chi connectivity index (χ1n) is 9.05. The van der Waals surface area contributed by atoms with Crippen LogP contribution in [0.25, 0.3) is 6.08 Å². The molecule has 1 aromatic carbocycles. The molecule has 0 aliphatic heterocycles. The van der Waals surface area contributed by atoms with Crippen LogP contribution in [0.4, 0.5) is 5.00 Å². The van der Waals surface area contributed by atoms with Gasteiger partial charge in [-0.3, -0.25) is 4.79 Å². The van der Waals surface area contributed by atoms with Gasteiger partial charge in [-0.25, -0.2) is 4.79 Å². The lowest BCUT2D eigenvalue weighted by molar-refractivity contribution is -0.112. The number of benzene rings is 1. The van der Waals surface area contributed by atoms with Crippen molar-refractivity contribution >= 4 is 79.5 Å². The summed E-state index contributed by atoms with van der Waals surface area (Å²) in [6.45, 7) is 8.09. The van der Waals surface area contributed by atoms with Gasteiger partial charge in [0.2, 0.25) is 0 Å². The molecule has 0 saturated carbocycles. The van der Waals surface area contributed by atoms with E-state index >= 15 is 0 Å². The molecule has 0 aliphatic rings. The number of carbonyl (C=O) groups is 2. The first kappa shape index (κ1) is 24.6. The minimum Gasteiger partial charge on any atom is -0.492 e. The summed E-state index contributed by atoms with van der Waals surface area (Å²) in [5, 5.41) is 12.6. The molecule has 0 spiro atoms. The number of rotatable bonds is 7. The van der Waals surface area contributed by atoms with Gasteiger partial charge in [-0.2, -0.15) is 5.26 Å². The van der Waals surface area contributed by atoms with Crippen LogP contribution in [0.2, 0.25) is 0 Å². The fourth-order valence-electron chi connectivity index (χ4n) is 2.59. The first-order chi connectivity index (χ1) is 14.2. The van der Waals surface area contributed by atoms with Gasteiger partial charge in [0.15, 0.2) is 0 Å². The monoisotopic (exact) mass is 650 g/mol. The molecule has 0 fully saturated rings. The fourth-order valence-corrected chi connectivity index (χ4v) is 5.77. The van der Waals surface area contributed by atoms with E-state index in [0.29, 0.717) is 22.7 Å². The molecule has 0 aliphatic carbocycles. The molecule has 0 radical (unpaired) electrons. The Morgan fingerprint density at radius 2 is 1.83 bits per heavy atom. The summed E-state index contributed by atoms with van der Waals surface area (Å²) in [4.78, 5) is 26.0. The largest absolute Gasteiger partial charge is 0.492 e. The van der Waals surface area contributed by atoms with Crippen molar-refractivity contribution in [3.05, 3.63) is 46.4 Å². The maximum Gasteiger partial charge on any atom is 0.341 e. The van der Waals surface area contributed by atoms with E-state index in [1.807, 2.05) is 32.0 Å². The van der Waals surface area contributed by atoms with Crippen molar-refractivity contribution in [2.75, 3.05) is 18.5 Å². The fraction of sp³-hybridized carbons (Fsp3) is 0.286. The van der Waals surface area contributed by atoms with Gasteiger partial charge in [-0.15, -0.1) is 11.3 Å². The SMILES string of the molecule is CCOC(=O)c1c(NC(=O)/C(C#N)=C/c2cc(I)c(OCC)c(I)c2)sc(C)c1C. The lowest BCUT2D eigenvalue weighted by Gasteiger charge is -2.10. The Labute approximate surface area is 206 Å². The average Bonchev–Trinajstić information content (AvgIpc) is 2.96. The summed E-state index contributed by atoms with van der Waals surface area (Å²) in [7, 11) is 0. The number of amides is 1. The number of nitrogens with zero attached hydrogens (tertiary/aromatic N) is 1. The van der Waals surface area contributed by atoms with Crippen molar-refractivity contribution < 1.29 is 19.1 Å². The molecular weight excluding hydrogens is 630 g/mol. The average molecular weight is 650 g/mol. The van der Waals surface area contributed by atoms with Crippen LogP contribution in [0, 0.1) is 32.3 Å². The van der Waals surface area contributed by atoms with Crippen LogP contribution in [0.15, 0.2) is 17.7 Å². The van der Waals surface area contributed by atoms with Crippen LogP contribution >= 0.6 is 56.5 Å². The zero-order valence-corrected chi connectivity index (χ0v) is 22.0. The zero-order chi connectivity index (χ0) is 22.4. The highest BCUT2D eigenvalue weighted by Gasteiger charge is 2.23. The normalized spacial score (nSPS) is 11.0. The summed E-state index contributed by atoms with van der Waals surface area (Å²) in [5.74, 6) is -0.293. The Hall–Kier alpha value is -1.65. The maximum absolute atomic E-state index is 12.8. The van der Waals surface area contributed by atoms with Crippen LogP contribution in [-0.2, 0) is 9.53 Å². The van der Waals surface area contributed by atoms with Crippen molar-refractivity contribution in [1.82, 2.24) is 0 Å². The van der Waals surface area contributed by atoms with Gasteiger partial charge in [0, 0.05) is 4.88 Å². The van der Waals surface area contributed by atoms with E-state index in [0.717, 1.165) is 23.3 Å². The zero-order valence-electron chi connectivity index (χ0n) is 16.9. The van der Waals surface area contributed by atoms with E-state index in [-0.39, 0.29) is 12.2 Å². The summed E-state index contributed by atoms with van der Waals surface area (Å²) in [6.07, 6.45) is 1.52. The summed E-state index contributed by atoms with van der Waals surface area (Å²) in [5.41, 5.74) is 1.73. The number of esters is 1. The molecule has 0 bridgehead atoms. The van der Waals surface area contributed by atoms with E-state index in [4.69, 9.17) is 9.47 Å². The van der Waals surface area contributed by atoms with E-state index in [9.17, 15) is 14.9 Å². The number of thiophene rings is 1. The van der Waals surface area contributed by atoms with Crippen molar-refractivity contribution in [3.63, 3.8) is 0 Å². The van der Waals surface area contributed by atoms with Crippen LogP contribution in [-0.4, -0.2) is 25.1 Å². The quantitative estimate of drug-likeness (QED) is 0.180. The lowest BCUT2D eigenvalue weighted by Crippen LogP contribution is -2.16. The van der Waals surface area contributed by atoms with Gasteiger partial charge in [-0.1, -0.05) is 0 Å². The highest BCUT2D eigenvalue weighted by atomic mass is 127. The standard InChI is InChI=1S/C21H20I2N2O4S/c1-5-28-18-15(22)8-13(9-16(18)23)7-14(10-24)19(26)25-20-17(21(27)29-6-2)11(3)12(4)30-20/h7-9H,5-6H2,1-4H3,(H,25,26)/b14-7+. The van der Waals surface area contributed by atoms with Gasteiger partial charge in [-0.05, 0) is 102 Å². The Morgan fingerprint density at radius 1 is 1.20 bits per heavy atom. The molecule has 2 aromatic rings. The molecule has 0 unspecified atom stereocenters. The molecule has 1 amide bonds. The molecule has 6 nitrogen and oxygen atoms in total. The number of nitrogens with one attached hydrogen (secondary N) is 1. The molecule has 0 saturated heterocycles. The molecule has 1 N–H and O–H groups in total. The second-order valence-electron chi connectivity index (χ2n) is 6.08. The summed E-state index contributed by atoms with van der Waals surface area (Å²) in [6, 6.07) is 5.64. The number of hydrogen-bond acceptors (Lipinski definition) is 6. The molecule has 2 rings (SSSR count). The smallest absolute Gasteiger partial charge is 0.341 e. The minimum atomic E-state index is -0.580. The second kappa shape index (κ2) is 11.1. The molecule has 9 heteroatoms. The first-order valence-corrected chi connectivity index (χ1v) is 12.0. The molecule has 1 heterocycles. The topological polar surface area (TPSA) is 88.4 Å². The Bertz CT molecular complexity index is 1030. The van der Waals surface area contributed by atoms with Crippen LogP contribution in [0.5, 0.6) is 5.75 Å². The number of nitriles is 1. The van der Waals surface area contributed by atoms with Gasteiger partial charge in [0.25, 0.3) is 5.91 Å². The number of aryl methyl sites for hydroxylation is 1. The van der Waals surface area contributed by atoms with E-state index < -0.39 is 11.9 Å². The summed E-state index contributed by atoms with van der Waals surface area (Å²) < 4.78 is 12.5. The van der Waals surface area contributed by atoms with Crippen molar-refractivity contribution in [1.29, 1.82) is 5.26 Å². The van der Waals surface area contributed by atoms with Gasteiger partial charge in [0.1, 0.15) is 22.4 Å². The number of halogens is 2. The predicted molar refractivity (Wildman–Crippen MR) is 135 cm³/mol. The second-order valence-corrected chi connectivity index (χ2v) is 9.63. The Balaban J connectivity index is 2.36. The third kappa shape index (κ3) is 5.73. The van der Waals surface area contributed by atoms with Crippen molar-refractivity contribution in [2.45, 2.75) is 27.7 Å². The lowest BCUT2D eigenvalue weighted by atomic mass is 10.1. The highest BCUT2D eigenvalue weighted by molar-refractivity contribution is 14.1.